The molecule has 0 aliphatic rings. The van der Waals surface area contributed by atoms with Gasteiger partial charge in [-0.05, 0) is 25.0 Å². The van der Waals surface area contributed by atoms with Crippen LogP contribution in [0.4, 0.5) is 17.6 Å². The predicted molar refractivity (Wildman–Crippen MR) is 58.4 cm³/mol. The first-order chi connectivity index (χ1) is 7.72. The van der Waals surface area contributed by atoms with E-state index < -0.39 is 24.5 Å². The van der Waals surface area contributed by atoms with Crippen molar-refractivity contribution in [3.63, 3.8) is 0 Å². The fourth-order valence-corrected chi connectivity index (χ4v) is 1.77. The summed E-state index contributed by atoms with van der Waals surface area (Å²) in [6.07, 6.45) is -5.74. The Morgan fingerprint density at radius 3 is 2.47 bits per heavy atom. The van der Waals surface area contributed by atoms with E-state index >= 15 is 0 Å². The summed E-state index contributed by atoms with van der Waals surface area (Å²) < 4.78 is 49.8. The highest BCUT2D eigenvalue weighted by molar-refractivity contribution is 6.31. The molecule has 1 nitrogen and oxygen atoms in total. The second-order valence-corrected chi connectivity index (χ2v) is 4.26. The molecule has 1 aromatic carbocycles. The van der Waals surface area contributed by atoms with Gasteiger partial charge < -0.3 is 5.73 Å². The van der Waals surface area contributed by atoms with Gasteiger partial charge in [0.15, 0.2) is 0 Å². The average Bonchev–Trinajstić information content (AvgIpc) is 2.20. The summed E-state index contributed by atoms with van der Waals surface area (Å²) >= 11 is 5.75. The van der Waals surface area contributed by atoms with E-state index in [0.29, 0.717) is 5.56 Å². The zero-order valence-electron chi connectivity index (χ0n) is 9.11. The zero-order valence-corrected chi connectivity index (χ0v) is 9.87. The zero-order chi connectivity index (χ0) is 13.2. The Morgan fingerprint density at radius 2 is 1.94 bits per heavy atom. The lowest BCUT2D eigenvalue weighted by atomic mass is 10.00. The average molecular weight is 270 g/mol. The molecule has 0 amide bonds. The number of benzene rings is 1. The monoisotopic (exact) mass is 269 g/mol. The normalized spacial score (nSPS) is 13.8. The van der Waals surface area contributed by atoms with Crippen molar-refractivity contribution in [3.8, 4) is 0 Å². The number of halogens is 5. The molecule has 0 bridgehead atoms. The van der Waals surface area contributed by atoms with Crippen molar-refractivity contribution in [2.75, 3.05) is 0 Å². The maximum absolute atomic E-state index is 13.7. The van der Waals surface area contributed by atoms with E-state index in [1.165, 1.54) is 19.1 Å². The van der Waals surface area contributed by atoms with Crippen LogP contribution in [0.5, 0.6) is 0 Å². The molecule has 6 heteroatoms. The number of hydrogen-bond donors (Lipinski definition) is 1. The Hall–Kier alpha value is -0.810. The standard InChI is InChI=1S/C11H12ClF4N/c1-6-2-3-7(12)9(10(6)13)8(17)4-5-11(14,15)16/h2-3,8H,4-5,17H2,1H3/t8-/m1/s1. The summed E-state index contributed by atoms with van der Waals surface area (Å²) in [5.41, 5.74) is 5.81. The van der Waals surface area contributed by atoms with Crippen LogP contribution in [-0.4, -0.2) is 6.18 Å². The molecule has 0 aliphatic heterocycles. The van der Waals surface area contributed by atoms with Crippen molar-refractivity contribution < 1.29 is 17.6 Å². The quantitative estimate of drug-likeness (QED) is 0.821. The smallest absolute Gasteiger partial charge is 0.324 e. The molecule has 96 valence electrons. The minimum atomic E-state index is -4.30. The molecule has 17 heavy (non-hydrogen) atoms. The van der Waals surface area contributed by atoms with E-state index in [0.717, 1.165) is 0 Å². The molecule has 2 N–H and O–H groups in total. The summed E-state index contributed by atoms with van der Waals surface area (Å²) in [5, 5.41) is 0.0581. The number of nitrogens with two attached hydrogens (primary N) is 1. The van der Waals surface area contributed by atoms with Crippen LogP contribution in [0.2, 0.25) is 5.02 Å². The van der Waals surface area contributed by atoms with Gasteiger partial charge >= 0.3 is 6.18 Å². The van der Waals surface area contributed by atoms with Crippen LogP contribution < -0.4 is 5.73 Å². The van der Waals surface area contributed by atoms with Gasteiger partial charge in [-0.15, -0.1) is 0 Å². The second kappa shape index (κ2) is 5.23. The van der Waals surface area contributed by atoms with Gasteiger partial charge in [-0.3, -0.25) is 0 Å². The van der Waals surface area contributed by atoms with Gasteiger partial charge in [0.05, 0.1) is 0 Å². The molecule has 1 aromatic rings. The molecule has 0 heterocycles. The summed E-state index contributed by atoms with van der Waals surface area (Å²) in [5.74, 6) is -0.632. The minimum absolute atomic E-state index is 0.0454. The third-order valence-electron chi connectivity index (χ3n) is 2.43. The lowest BCUT2D eigenvalue weighted by molar-refractivity contribution is -0.136. The van der Waals surface area contributed by atoms with Crippen LogP contribution in [0.3, 0.4) is 0 Å². The Balaban J connectivity index is 2.89. The Labute approximate surface area is 102 Å². The molecule has 0 saturated carbocycles. The van der Waals surface area contributed by atoms with E-state index in [-0.39, 0.29) is 17.0 Å². The maximum Gasteiger partial charge on any atom is 0.389 e. The van der Waals surface area contributed by atoms with Gasteiger partial charge in [-0.1, -0.05) is 17.7 Å². The molecule has 1 rings (SSSR count). The third kappa shape index (κ3) is 3.85. The maximum atomic E-state index is 13.7. The van der Waals surface area contributed by atoms with Crippen LogP contribution in [0.1, 0.15) is 30.0 Å². The molecular weight excluding hydrogens is 258 g/mol. The third-order valence-corrected chi connectivity index (χ3v) is 2.76. The molecular formula is C11H12ClF4N. The number of hydrogen-bond acceptors (Lipinski definition) is 1. The molecule has 0 saturated heterocycles. The lowest BCUT2D eigenvalue weighted by Gasteiger charge is -2.16. The van der Waals surface area contributed by atoms with Crippen LogP contribution in [-0.2, 0) is 0 Å². The highest BCUT2D eigenvalue weighted by Gasteiger charge is 2.29. The first-order valence-electron chi connectivity index (χ1n) is 4.99. The molecule has 0 fully saturated rings. The van der Waals surface area contributed by atoms with Crippen molar-refractivity contribution in [2.24, 2.45) is 5.73 Å². The van der Waals surface area contributed by atoms with E-state index in [1.807, 2.05) is 0 Å². The van der Waals surface area contributed by atoms with E-state index in [1.54, 1.807) is 0 Å². The van der Waals surface area contributed by atoms with Crippen LogP contribution in [0.25, 0.3) is 0 Å². The lowest BCUT2D eigenvalue weighted by Crippen LogP contribution is -2.17. The number of aryl methyl sites for hydroxylation is 1. The number of alkyl halides is 3. The second-order valence-electron chi connectivity index (χ2n) is 3.85. The van der Waals surface area contributed by atoms with Crippen molar-refractivity contribution >= 4 is 11.6 Å². The fraction of sp³-hybridized carbons (Fsp3) is 0.455. The first-order valence-corrected chi connectivity index (χ1v) is 5.37. The molecule has 0 unspecified atom stereocenters. The van der Waals surface area contributed by atoms with Gasteiger partial charge in [0.2, 0.25) is 0 Å². The van der Waals surface area contributed by atoms with Crippen molar-refractivity contribution in [3.05, 3.63) is 34.1 Å². The minimum Gasteiger partial charge on any atom is -0.324 e. The summed E-state index contributed by atoms with van der Waals surface area (Å²) in [6.45, 7) is 1.51. The Kier molecular flexibility index (Phi) is 4.38. The van der Waals surface area contributed by atoms with Crippen molar-refractivity contribution in [2.45, 2.75) is 32.0 Å². The Morgan fingerprint density at radius 1 is 1.35 bits per heavy atom. The molecule has 0 aromatic heterocycles. The SMILES string of the molecule is Cc1ccc(Cl)c([C@H](N)CCC(F)(F)F)c1F. The van der Waals surface area contributed by atoms with Crippen molar-refractivity contribution in [1.82, 2.24) is 0 Å². The number of rotatable bonds is 3. The highest BCUT2D eigenvalue weighted by Crippen LogP contribution is 2.32. The molecule has 0 spiro atoms. The van der Waals surface area contributed by atoms with Gasteiger partial charge in [-0.2, -0.15) is 13.2 Å². The van der Waals surface area contributed by atoms with Crippen molar-refractivity contribution in [1.29, 1.82) is 0 Å². The van der Waals surface area contributed by atoms with E-state index in [9.17, 15) is 17.6 Å². The summed E-state index contributed by atoms with van der Waals surface area (Å²) in [7, 11) is 0. The molecule has 0 radical (unpaired) electrons. The Bertz CT molecular complexity index is 403. The largest absolute Gasteiger partial charge is 0.389 e. The molecule has 0 aliphatic carbocycles. The van der Waals surface area contributed by atoms with Gasteiger partial charge in [-0.25, -0.2) is 4.39 Å². The summed E-state index contributed by atoms with van der Waals surface area (Å²) in [6, 6.07) is 1.84. The summed E-state index contributed by atoms with van der Waals surface area (Å²) in [4.78, 5) is 0. The topological polar surface area (TPSA) is 26.0 Å². The van der Waals surface area contributed by atoms with Gasteiger partial charge in [0.1, 0.15) is 5.82 Å². The van der Waals surface area contributed by atoms with Gasteiger partial charge in [0, 0.05) is 23.0 Å². The predicted octanol–water partition coefficient (Wildman–Crippen LogP) is 4.13. The first kappa shape index (κ1) is 14.3. The fourth-order valence-electron chi connectivity index (χ4n) is 1.48. The van der Waals surface area contributed by atoms with Crippen LogP contribution in [0, 0.1) is 12.7 Å². The van der Waals surface area contributed by atoms with E-state index in [2.05, 4.69) is 0 Å². The highest BCUT2D eigenvalue weighted by atomic mass is 35.5. The van der Waals surface area contributed by atoms with Crippen LogP contribution >= 0.6 is 11.6 Å². The van der Waals surface area contributed by atoms with E-state index in [4.69, 9.17) is 17.3 Å². The molecule has 1 atom stereocenters. The van der Waals surface area contributed by atoms with Crippen LogP contribution in [0.15, 0.2) is 12.1 Å². The van der Waals surface area contributed by atoms with Gasteiger partial charge in [0.25, 0.3) is 0 Å².